The fourth-order valence-corrected chi connectivity index (χ4v) is 1.97. The second kappa shape index (κ2) is 6.62. The third kappa shape index (κ3) is 3.67. The Balaban J connectivity index is 2.60. The first-order valence-electron chi connectivity index (χ1n) is 6.02. The summed E-state index contributed by atoms with van der Waals surface area (Å²) in [5.41, 5.74) is 1.06. The molecule has 1 aromatic rings. The summed E-state index contributed by atoms with van der Waals surface area (Å²) in [6.45, 7) is 4.36. The predicted molar refractivity (Wildman–Crippen MR) is 64.7 cm³/mol. The van der Waals surface area contributed by atoms with Crippen LogP contribution in [-0.4, -0.2) is 5.11 Å². The maximum atomic E-state index is 10.2. The largest absolute Gasteiger partial charge is 0.388 e. The first-order chi connectivity index (χ1) is 7.29. The Kier molecular flexibility index (Phi) is 5.41. The van der Waals surface area contributed by atoms with Crippen LogP contribution in [0.3, 0.4) is 0 Å². The highest BCUT2D eigenvalue weighted by atomic mass is 16.3. The van der Waals surface area contributed by atoms with Gasteiger partial charge >= 0.3 is 0 Å². The van der Waals surface area contributed by atoms with E-state index < -0.39 is 0 Å². The van der Waals surface area contributed by atoms with Crippen LogP contribution in [0.2, 0.25) is 0 Å². The quantitative estimate of drug-likeness (QED) is 0.747. The van der Waals surface area contributed by atoms with E-state index in [1.165, 1.54) is 12.8 Å². The van der Waals surface area contributed by atoms with Crippen molar-refractivity contribution in [1.82, 2.24) is 0 Å². The van der Waals surface area contributed by atoms with Gasteiger partial charge in [0.1, 0.15) is 0 Å². The van der Waals surface area contributed by atoms with E-state index in [9.17, 15) is 5.11 Å². The van der Waals surface area contributed by atoms with Crippen molar-refractivity contribution in [3.8, 4) is 0 Å². The van der Waals surface area contributed by atoms with Gasteiger partial charge in [-0.2, -0.15) is 0 Å². The van der Waals surface area contributed by atoms with Crippen LogP contribution in [0.4, 0.5) is 0 Å². The molecule has 1 nitrogen and oxygen atoms in total. The molecule has 0 fully saturated rings. The van der Waals surface area contributed by atoms with Crippen LogP contribution in [0.5, 0.6) is 0 Å². The summed E-state index contributed by atoms with van der Waals surface area (Å²) in [6.07, 6.45) is 4.31. The average molecular weight is 206 g/mol. The van der Waals surface area contributed by atoms with Gasteiger partial charge in [-0.05, 0) is 17.9 Å². The first-order valence-corrected chi connectivity index (χ1v) is 6.02. The third-order valence-electron chi connectivity index (χ3n) is 3.04. The van der Waals surface area contributed by atoms with Crippen molar-refractivity contribution in [2.75, 3.05) is 0 Å². The van der Waals surface area contributed by atoms with Crippen molar-refractivity contribution < 1.29 is 5.11 Å². The minimum atomic E-state index is -0.289. The van der Waals surface area contributed by atoms with Gasteiger partial charge in [-0.3, -0.25) is 0 Å². The lowest BCUT2D eigenvalue weighted by Crippen LogP contribution is -2.11. The molecule has 2 unspecified atom stereocenters. The van der Waals surface area contributed by atoms with E-state index in [1.54, 1.807) is 0 Å². The van der Waals surface area contributed by atoms with Crippen LogP contribution in [0.1, 0.15) is 51.2 Å². The number of hydrogen-bond donors (Lipinski definition) is 1. The summed E-state index contributed by atoms with van der Waals surface area (Å²) in [6, 6.07) is 10.00. The standard InChI is InChI=1S/C14H22O/c1-3-5-9-12(4-2)14(15)13-10-7-6-8-11-13/h6-8,10-12,14-15H,3-5,9H2,1-2H3. The van der Waals surface area contributed by atoms with Crippen LogP contribution in [0.15, 0.2) is 30.3 Å². The van der Waals surface area contributed by atoms with Crippen LogP contribution in [-0.2, 0) is 0 Å². The predicted octanol–water partition coefficient (Wildman–Crippen LogP) is 3.94. The zero-order valence-corrected chi connectivity index (χ0v) is 9.82. The van der Waals surface area contributed by atoms with Crippen molar-refractivity contribution in [2.45, 2.75) is 45.6 Å². The number of aliphatic hydroxyl groups is 1. The summed E-state index contributed by atoms with van der Waals surface area (Å²) < 4.78 is 0. The number of unbranched alkanes of at least 4 members (excludes halogenated alkanes) is 1. The van der Waals surface area contributed by atoms with Crippen molar-refractivity contribution >= 4 is 0 Å². The normalized spacial score (nSPS) is 14.9. The summed E-state index contributed by atoms with van der Waals surface area (Å²) >= 11 is 0. The molecule has 0 aromatic heterocycles. The van der Waals surface area contributed by atoms with E-state index in [2.05, 4.69) is 13.8 Å². The van der Waals surface area contributed by atoms with Gasteiger partial charge in [-0.1, -0.05) is 63.4 Å². The molecule has 0 radical (unpaired) electrons. The van der Waals surface area contributed by atoms with Crippen LogP contribution < -0.4 is 0 Å². The summed E-state index contributed by atoms with van der Waals surface area (Å²) in [7, 11) is 0. The highest BCUT2D eigenvalue weighted by molar-refractivity contribution is 5.17. The summed E-state index contributed by atoms with van der Waals surface area (Å²) in [5, 5.41) is 10.2. The fraction of sp³-hybridized carbons (Fsp3) is 0.571. The molecule has 2 atom stereocenters. The molecule has 0 aliphatic carbocycles. The highest BCUT2D eigenvalue weighted by Crippen LogP contribution is 2.28. The lowest BCUT2D eigenvalue weighted by molar-refractivity contribution is 0.0989. The molecule has 0 amide bonds. The van der Waals surface area contributed by atoms with E-state index in [1.807, 2.05) is 30.3 Å². The molecule has 1 rings (SSSR count). The maximum absolute atomic E-state index is 10.2. The Bertz CT molecular complexity index is 255. The van der Waals surface area contributed by atoms with Crippen molar-refractivity contribution in [1.29, 1.82) is 0 Å². The maximum Gasteiger partial charge on any atom is 0.0818 e. The molecule has 84 valence electrons. The zero-order chi connectivity index (χ0) is 11.1. The van der Waals surface area contributed by atoms with Gasteiger partial charge in [-0.15, -0.1) is 0 Å². The molecule has 0 bridgehead atoms. The molecule has 0 spiro atoms. The second-order valence-corrected chi connectivity index (χ2v) is 4.17. The van der Waals surface area contributed by atoms with Gasteiger partial charge in [0, 0.05) is 0 Å². The topological polar surface area (TPSA) is 20.2 Å². The molecule has 0 heterocycles. The van der Waals surface area contributed by atoms with Crippen LogP contribution >= 0.6 is 0 Å². The minimum absolute atomic E-state index is 0.289. The van der Waals surface area contributed by atoms with E-state index in [-0.39, 0.29) is 6.10 Å². The fourth-order valence-electron chi connectivity index (χ4n) is 1.97. The molecule has 0 saturated carbocycles. The molecule has 1 aromatic carbocycles. The number of hydrogen-bond acceptors (Lipinski definition) is 1. The molecule has 1 N–H and O–H groups in total. The summed E-state index contributed by atoms with van der Waals surface area (Å²) in [4.78, 5) is 0. The zero-order valence-electron chi connectivity index (χ0n) is 9.82. The van der Waals surface area contributed by atoms with Gasteiger partial charge in [-0.25, -0.2) is 0 Å². The van der Waals surface area contributed by atoms with Gasteiger partial charge in [0.05, 0.1) is 6.10 Å². The Hall–Kier alpha value is -0.820. The summed E-state index contributed by atoms with van der Waals surface area (Å²) in [5.74, 6) is 0.410. The molecule has 1 heteroatoms. The number of benzene rings is 1. The molecular weight excluding hydrogens is 184 g/mol. The minimum Gasteiger partial charge on any atom is -0.388 e. The SMILES string of the molecule is CCCCC(CC)C(O)c1ccccc1. The lowest BCUT2D eigenvalue weighted by atomic mass is 9.89. The van der Waals surface area contributed by atoms with Gasteiger partial charge < -0.3 is 5.11 Å². The Morgan fingerprint density at radius 2 is 1.80 bits per heavy atom. The average Bonchev–Trinajstić information content (AvgIpc) is 2.31. The third-order valence-corrected chi connectivity index (χ3v) is 3.04. The Morgan fingerprint density at radius 3 is 2.33 bits per heavy atom. The monoisotopic (exact) mass is 206 g/mol. The smallest absolute Gasteiger partial charge is 0.0818 e. The van der Waals surface area contributed by atoms with Gasteiger partial charge in [0.15, 0.2) is 0 Å². The van der Waals surface area contributed by atoms with E-state index in [0.29, 0.717) is 5.92 Å². The first kappa shape index (κ1) is 12.3. The van der Waals surface area contributed by atoms with Gasteiger partial charge in [0.2, 0.25) is 0 Å². The highest BCUT2D eigenvalue weighted by Gasteiger charge is 2.17. The van der Waals surface area contributed by atoms with Gasteiger partial charge in [0.25, 0.3) is 0 Å². The molecule has 0 aliphatic rings. The van der Waals surface area contributed by atoms with E-state index in [4.69, 9.17) is 0 Å². The molecule has 0 saturated heterocycles. The molecule has 15 heavy (non-hydrogen) atoms. The lowest BCUT2D eigenvalue weighted by Gasteiger charge is -2.21. The Morgan fingerprint density at radius 1 is 1.13 bits per heavy atom. The molecule has 0 aliphatic heterocycles. The molecular formula is C14H22O. The second-order valence-electron chi connectivity index (χ2n) is 4.17. The van der Waals surface area contributed by atoms with E-state index >= 15 is 0 Å². The van der Waals surface area contributed by atoms with Crippen LogP contribution in [0.25, 0.3) is 0 Å². The number of rotatable bonds is 6. The van der Waals surface area contributed by atoms with Crippen LogP contribution in [0, 0.1) is 5.92 Å². The van der Waals surface area contributed by atoms with Crippen molar-refractivity contribution in [3.05, 3.63) is 35.9 Å². The van der Waals surface area contributed by atoms with E-state index in [0.717, 1.165) is 18.4 Å². The van der Waals surface area contributed by atoms with Crippen molar-refractivity contribution in [3.63, 3.8) is 0 Å². The van der Waals surface area contributed by atoms with Crippen molar-refractivity contribution in [2.24, 2.45) is 5.92 Å². The number of aliphatic hydroxyl groups excluding tert-OH is 1. The Labute approximate surface area is 93.1 Å².